The summed E-state index contributed by atoms with van der Waals surface area (Å²) in [6, 6.07) is 5.68. The van der Waals surface area contributed by atoms with Crippen molar-refractivity contribution in [3.63, 3.8) is 0 Å². The first-order chi connectivity index (χ1) is 8.77. The van der Waals surface area contributed by atoms with E-state index in [2.05, 4.69) is 8.75 Å². The Kier molecular flexibility index (Phi) is 4.01. The maximum Gasteiger partial charge on any atom is 0.279 e. The second-order valence-corrected chi connectivity index (χ2v) is 4.75. The van der Waals surface area contributed by atoms with Gasteiger partial charge in [-0.15, -0.1) is 12.4 Å². The van der Waals surface area contributed by atoms with Crippen LogP contribution in [0.4, 0.5) is 11.4 Å². The van der Waals surface area contributed by atoms with Crippen LogP contribution in [0.5, 0.6) is 0 Å². The number of rotatable bonds is 1. The van der Waals surface area contributed by atoms with Gasteiger partial charge < -0.3 is 10.6 Å². The van der Waals surface area contributed by atoms with E-state index in [4.69, 9.17) is 5.73 Å². The Bertz CT molecular complexity index is 587. The lowest BCUT2D eigenvalue weighted by Crippen LogP contribution is -2.35. The summed E-state index contributed by atoms with van der Waals surface area (Å²) in [6.45, 7) is 0.701. The summed E-state index contributed by atoms with van der Waals surface area (Å²) in [6.07, 6.45) is 3.35. The van der Waals surface area contributed by atoms with Crippen LogP contribution in [0, 0.1) is 0 Å². The Morgan fingerprint density at radius 1 is 1.42 bits per heavy atom. The smallest absolute Gasteiger partial charge is 0.279 e. The number of benzene rings is 1. The number of nitrogens with two attached hydrogens (primary N) is 1. The van der Waals surface area contributed by atoms with Gasteiger partial charge in [0.2, 0.25) is 0 Å². The van der Waals surface area contributed by atoms with Gasteiger partial charge in [0.25, 0.3) is 5.91 Å². The van der Waals surface area contributed by atoms with E-state index >= 15 is 0 Å². The molecular weight excluding hydrogens is 284 g/mol. The minimum absolute atomic E-state index is 0. The first kappa shape index (κ1) is 13.8. The molecule has 0 aliphatic carbocycles. The second-order valence-electron chi connectivity index (χ2n) is 4.20. The van der Waals surface area contributed by atoms with Crippen LogP contribution in [0.2, 0.25) is 0 Å². The van der Waals surface area contributed by atoms with Crippen LogP contribution < -0.4 is 10.6 Å². The molecule has 2 N–H and O–H groups in total. The third-order valence-electron chi connectivity index (χ3n) is 3.11. The van der Waals surface area contributed by atoms with Gasteiger partial charge in [0.05, 0.1) is 17.9 Å². The van der Waals surface area contributed by atoms with Crippen molar-refractivity contribution in [3.05, 3.63) is 35.7 Å². The second kappa shape index (κ2) is 5.54. The zero-order valence-corrected chi connectivity index (χ0v) is 11.7. The number of nitrogens with zero attached hydrogens (tertiary/aromatic N) is 3. The Morgan fingerprint density at radius 2 is 2.26 bits per heavy atom. The zero-order chi connectivity index (χ0) is 12.5. The SMILES string of the molecule is Cl.Nc1cccc2c1CCCN2C(=O)c1cnsn1. The highest BCUT2D eigenvalue weighted by Crippen LogP contribution is 2.31. The summed E-state index contributed by atoms with van der Waals surface area (Å²) < 4.78 is 7.86. The number of nitrogen functional groups attached to an aromatic ring is 1. The number of amides is 1. The highest BCUT2D eigenvalue weighted by molar-refractivity contribution is 6.99. The Labute approximate surface area is 121 Å². The number of anilines is 2. The fourth-order valence-corrected chi connectivity index (χ4v) is 2.67. The highest BCUT2D eigenvalue weighted by Gasteiger charge is 2.25. The Hall–Kier alpha value is -1.66. The number of hydrogen-bond acceptors (Lipinski definition) is 5. The molecule has 2 aromatic rings. The average Bonchev–Trinajstić information content (AvgIpc) is 2.92. The van der Waals surface area contributed by atoms with Crippen molar-refractivity contribution >= 4 is 41.4 Å². The van der Waals surface area contributed by atoms with E-state index in [0.29, 0.717) is 12.2 Å². The maximum absolute atomic E-state index is 12.3. The molecule has 0 bridgehead atoms. The highest BCUT2D eigenvalue weighted by atomic mass is 35.5. The van der Waals surface area contributed by atoms with E-state index in [1.54, 1.807) is 4.90 Å². The molecule has 0 atom stereocenters. The summed E-state index contributed by atoms with van der Waals surface area (Å²) in [5, 5.41) is 0. The number of carbonyl (C=O) groups excluding carboxylic acids is 1. The molecule has 5 nitrogen and oxygen atoms in total. The molecule has 1 amide bonds. The standard InChI is InChI=1S/C12H12N4OS.ClH/c13-9-4-1-5-11-8(9)3-2-6-16(11)12(17)10-7-14-18-15-10;/h1,4-5,7H,2-3,6,13H2;1H. The summed E-state index contributed by atoms with van der Waals surface area (Å²) in [7, 11) is 0. The minimum Gasteiger partial charge on any atom is -0.398 e. The van der Waals surface area contributed by atoms with Gasteiger partial charge in [-0.1, -0.05) is 6.07 Å². The van der Waals surface area contributed by atoms with Crippen LogP contribution >= 0.6 is 24.1 Å². The molecule has 0 saturated heterocycles. The molecule has 7 heteroatoms. The van der Waals surface area contributed by atoms with Crippen LogP contribution in [0.1, 0.15) is 22.5 Å². The van der Waals surface area contributed by atoms with E-state index in [0.717, 1.165) is 41.5 Å². The zero-order valence-electron chi connectivity index (χ0n) is 10.1. The van der Waals surface area contributed by atoms with Crippen molar-refractivity contribution in [1.29, 1.82) is 0 Å². The monoisotopic (exact) mass is 296 g/mol. The lowest BCUT2D eigenvalue weighted by molar-refractivity contribution is 0.0981. The molecule has 1 aromatic heterocycles. The van der Waals surface area contributed by atoms with Crippen molar-refractivity contribution in [3.8, 4) is 0 Å². The average molecular weight is 297 g/mol. The van der Waals surface area contributed by atoms with E-state index in [1.165, 1.54) is 6.20 Å². The van der Waals surface area contributed by atoms with Crippen molar-refractivity contribution < 1.29 is 4.79 Å². The molecule has 1 aromatic carbocycles. The number of fused-ring (bicyclic) bond motifs is 1. The molecule has 1 aliphatic heterocycles. The minimum atomic E-state index is -0.102. The molecule has 0 unspecified atom stereocenters. The molecular formula is C12H13ClN4OS. The molecule has 0 spiro atoms. The molecule has 0 saturated carbocycles. The summed E-state index contributed by atoms with van der Waals surface area (Å²) >= 11 is 1.04. The van der Waals surface area contributed by atoms with Crippen molar-refractivity contribution in [1.82, 2.24) is 8.75 Å². The normalized spacial score (nSPS) is 13.6. The third kappa shape index (κ3) is 2.41. The molecule has 100 valence electrons. The maximum atomic E-state index is 12.3. The first-order valence-corrected chi connectivity index (χ1v) is 6.47. The molecule has 19 heavy (non-hydrogen) atoms. The fourth-order valence-electron chi connectivity index (χ4n) is 2.26. The Morgan fingerprint density at radius 3 is 3.00 bits per heavy atom. The number of halogens is 1. The van der Waals surface area contributed by atoms with E-state index < -0.39 is 0 Å². The fraction of sp³-hybridized carbons (Fsp3) is 0.250. The summed E-state index contributed by atoms with van der Waals surface area (Å²) in [5.41, 5.74) is 9.07. The molecule has 1 aliphatic rings. The number of hydrogen-bond donors (Lipinski definition) is 1. The van der Waals surface area contributed by atoms with Gasteiger partial charge in [-0.25, -0.2) is 0 Å². The van der Waals surface area contributed by atoms with Gasteiger partial charge >= 0.3 is 0 Å². The van der Waals surface area contributed by atoms with Gasteiger partial charge in [-0.05, 0) is 30.5 Å². The summed E-state index contributed by atoms with van der Waals surface area (Å²) in [5.74, 6) is -0.102. The predicted molar refractivity (Wildman–Crippen MR) is 78.0 cm³/mol. The topological polar surface area (TPSA) is 72.1 Å². The van der Waals surface area contributed by atoms with E-state index in [1.807, 2.05) is 18.2 Å². The molecule has 2 heterocycles. The third-order valence-corrected chi connectivity index (χ3v) is 3.59. The van der Waals surface area contributed by atoms with Crippen LogP contribution in [0.15, 0.2) is 24.4 Å². The lowest BCUT2D eigenvalue weighted by Gasteiger charge is -2.29. The molecule has 0 fully saturated rings. The van der Waals surface area contributed by atoms with Gasteiger partial charge in [-0.2, -0.15) is 8.75 Å². The van der Waals surface area contributed by atoms with Crippen molar-refractivity contribution in [2.75, 3.05) is 17.2 Å². The number of aromatic nitrogens is 2. The van der Waals surface area contributed by atoms with E-state index in [-0.39, 0.29) is 18.3 Å². The largest absolute Gasteiger partial charge is 0.398 e. The van der Waals surface area contributed by atoms with Crippen LogP contribution in [-0.4, -0.2) is 21.2 Å². The Balaban J connectivity index is 0.00000133. The van der Waals surface area contributed by atoms with Gasteiger partial charge in [-0.3, -0.25) is 4.79 Å². The molecule has 3 rings (SSSR count). The predicted octanol–water partition coefficient (Wildman–Crippen LogP) is 2.14. The molecule has 0 radical (unpaired) electrons. The van der Waals surface area contributed by atoms with Crippen LogP contribution in [0.3, 0.4) is 0 Å². The van der Waals surface area contributed by atoms with Gasteiger partial charge in [0.1, 0.15) is 0 Å². The van der Waals surface area contributed by atoms with Gasteiger partial charge in [0, 0.05) is 17.9 Å². The van der Waals surface area contributed by atoms with Crippen LogP contribution in [-0.2, 0) is 6.42 Å². The quantitative estimate of drug-likeness (QED) is 0.818. The first-order valence-electron chi connectivity index (χ1n) is 5.74. The van der Waals surface area contributed by atoms with Crippen molar-refractivity contribution in [2.45, 2.75) is 12.8 Å². The van der Waals surface area contributed by atoms with E-state index in [9.17, 15) is 4.79 Å². The van der Waals surface area contributed by atoms with Gasteiger partial charge in [0.15, 0.2) is 5.69 Å². The number of carbonyl (C=O) groups is 1. The lowest BCUT2D eigenvalue weighted by atomic mass is 9.99. The summed E-state index contributed by atoms with van der Waals surface area (Å²) in [4.78, 5) is 14.1. The van der Waals surface area contributed by atoms with Crippen molar-refractivity contribution in [2.24, 2.45) is 0 Å². The van der Waals surface area contributed by atoms with Crippen LogP contribution in [0.25, 0.3) is 0 Å².